The van der Waals surface area contributed by atoms with Gasteiger partial charge in [-0.1, -0.05) is 0 Å². The highest BCUT2D eigenvalue weighted by Gasteiger charge is 2.18. The number of carbonyl (C=O) groups is 2. The first-order valence-electron chi connectivity index (χ1n) is 7.61. The summed E-state index contributed by atoms with van der Waals surface area (Å²) in [7, 11) is 0. The molecule has 6 heteroatoms. The normalized spacial score (nSPS) is 11.4. The van der Waals surface area contributed by atoms with Crippen molar-refractivity contribution < 1.29 is 18.7 Å². The lowest BCUT2D eigenvalue weighted by molar-refractivity contribution is -0.136. The predicted molar refractivity (Wildman–Crippen MR) is 95.0 cm³/mol. The first kappa shape index (κ1) is 18.3. The fraction of sp³-hybridized carbons (Fsp3) is 0.333. The van der Waals surface area contributed by atoms with Crippen LogP contribution in [0.1, 0.15) is 47.4 Å². The summed E-state index contributed by atoms with van der Waals surface area (Å²) in [6.45, 7) is 7.70. The molecule has 24 heavy (non-hydrogen) atoms. The minimum atomic E-state index is -0.589. The van der Waals surface area contributed by atoms with Gasteiger partial charge in [0.15, 0.2) is 11.3 Å². The molecule has 5 nitrogen and oxygen atoms in total. The van der Waals surface area contributed by atoms with Crippen LogP contribution in [0.2, 0.25) is 0 Å². The van der Waals surface area contributed by atoms with Crippen molar-refractivity contribution in [2.45, 2.75) is 33.7 Å². The van der Waals surface area contributed by atoms with E-state index in [0.29, 0.717) is 16.0 Å². The molecule has 0 saturated heterocycles. The third-order valence-electron chi connectivity index (χ3n) is 3.62. The lowest BCUT2D eigenvalue weighted by Gasteiger charge is -2.13. The van der Waals surface area contributed by atoms with Gasteiger partial charge in [-0.3, -0.25) is 4.79 Å². The number of halogens is 1. The topological polar surface area (TPSA) is 61.4 Å². The maximum Gasteiger partial charge on any atom is 0.331 e. The maximum absolute atomic E-state index is 12.3. The number of esters is 1. The smallest absolute Gasteiger partial charge is 0.331 e. The van der Waals surface area contributed by atoms with Crippen molar-refractivity contribution >= 4 is 33.8 Å². The van der Waals surface area contributed by atoms with Crippen LogP contribution in [0.5, 0.6) is 0 Å². The summed E-state index contributed by atoms with van der Waals surface area (Å²) in [5.74, 6) is -0.281. The number of ketones is 1. The van der Waals surface area contributed by atoms with E-state index in [4.69, 9.17) is 9.15 Å². The summed E-state index contributed by atoms with van der Waals surface area (Å²) in [4.78, 5) is 24.0. The quantitative estimate of drug-likeness (QED) is 0.412. The van der Waals surface area contributed by atoms with Crippen LogP contribution in [-0.4, -0.2) is 22.9 Å². The number of carbonyl (C=O) groups excluding carboxylic acids is 2. The lowest BCUT2D eigenvalue weighted by atomic mass is 10.1. The summed E-state index contributed by atoms with van der Waals surface area (Å²) < 4.78 is 12.9. The average molecular weight is 394 g/mol. The number of ether oxygens (including phenoxy) is 1. The van der Waals surface area contributed by atoms with E-state index in [9.17, 15) is 9.59 Å². The van der Waals surface area contributed by atoms with Gasteiger partial charge in [0.05, 0.1) is 0 Å². The van der Waals surface area contributed by atoms with Crippen molar-refractivity contribution in [2.75, 3.05) is 6.61 Å². The Morgan fingerprint density at radius 2 is 2.04 bits per heavy atom. The Bertz CT molecular complexity index is 783. The van der Waals surface area contributed by atoms with Gasteiger partial charge in [0.1, 0.15) is 5.76 Å². The SMILES string of the molecule is Cc1cc(C(=O)COC(=O)/C=C/c2ccc(Br)o2)c(C)n1C(C)C. The van der Waals surface area contributed by atoms with E-state index in [2.05, 4.69) is 34.3 Å². The molecule has 0 amide bonds. The van der Waals surface area contributed by atoms with E-state index in [0.717, 1.165) is 11.4 Å². The molecule has 128 valence electrons. The van der Waals surface area contributed by atoms with E-state index in [-0.39, 0.29) is 18.4 Å². The molecule has 0 spiro atoms. The molecular formula is C18H20BrNO4. The number of aromatic nitrogens is 1. The molecule has 0 bridgehead atoms. The van der Waals surface area contributed by atoms with Gasteiger partial charge >= 0.3 is 5.97 Å². The minimum Gasteiger partial charge on any atom is -0.454 e. The second-order valence-corrected chi connectivity index (χ2v) is 6.54. The zero-order valence-corrected chi connectivity index (χ0v) is 15.7. The number of Topliss-reactive ketones (excluding diaryl/α,β-unsaturated/α-hetero) is 1. The number of aryl methyl sites for hydroxylation is 1. The van der Waals surface area contributed by atoms with Crippen LogP contribution in [0.3, 0.4) is 0 Å². The van der Waals surface area contributed by atoms with Gasteiger partial charge in [0, 0.05) is 29.1 Å². The Balaban J connectivity index is 1.97. The monoisotopic (exact) mass is 393 g/mol. The average Bonchev–Trinajstić information content (AvgIpc) is 3.05. The molecule has 2 rings (SSSR count). The largest absolute Gasteiger partial charge is 0.454 e. The zero-order valence-electron chi connectivity index (χ0n) is 14.1. The Morgan fingerprint density at radius 1 is 1.33 bits per heavy atom. The molecule has 0 saturated carbocycles. The second-order valence-electron chi connectivity index (χ2n) is 5.75. The van der Waals surface area contributed by atoms with Crippen LogP contribution >= 0.6 is 15.9 Å². The summed E-state index contributed by atoms with van der Waals surface area (Å²) in [6, 6.07) is 5.53. The van der Waals surface area contributed by atoms with Gasteiger partial charge in [0.2, 0.25) is 5.78 Å². The standard InChI is InChI=1S/C18H20BrNO4/c1-11(2)20-12(3)9-15(13(20)4)16(21)10-23-18(22)8-6-14-5-7-17(19)24-14/h5-9,11H,10H2,1-4H3/b8-6+. The van der Waals surface area contributed by atoms with Crippen molar-refractivity contribution in [2.24, 2.45) is 0 Å². The molecule has 0 unspecified atom stereocenters. The van der Waals surface area contributed by atoms with Crippen LogP contribution in [0, 0.1) is 13.8 Å². The highest BCUT2D eigenvalue weighted by Crippen LogP contribution is 2.20. The Labute approximate surface area is 149 Å². The summed E-state index contributed by atoms with van der Waals surface area (Å²) in [6.07, 6.45) is 2.72. The summed E-state index contributed by atoms with van der Waals surface area (Å²) in [5.41, 5.74) is 2.49. The van der Waals surface area contributed by atoms with Gasteiger partial charge < -0.3 is 13.7 Å². The Morgan fingerprint density at radius 3 is 2.58 bits per heavy atom. The van der Waals surface area contributed by atoms with Crippen molar-refractivity contribution in [1.82, 2.24) is 4.57 Å². The third kappa shape index (κ3) is 4.26. The first-order chi connectivity index (χ1) is 11.3. The van der Waals surface area contributed by atoms with Crippen LogP contribution in [-0.2, 0) is 9.53 Å². The molecule has 0 N–H and O–H groups in total. The predicted octanol–water partition coefficient (Wildman–Crippen LogP) is 4.48. The zero-order chi connectivity index (χ0) is 17.9. The number of hydrogen-bond donors (Lipinski definition) is 0. The van der Waals surface area contributed by atoms with Crippen molar-refractivity contribution in [3.63, 3.8) is 0 Å². The molecular weight excluding hydrogens is 374 g/mol. The molecule has 2 aromatic rings. The number of furan rings is 1. The molecule has 0 aliphatic heterocycles. The highest BCUT2D eigenvalue weighted by molar-refractivity contribution is 9.10. The fourth-order valence-electron chi connectivity index (χ4n) is 2.68. The number of rotatable bonds is 6. The summed E-state index contributed by atoms with van der Waals surface area (Å²) in [5, 5.41) is 0. The van der Waals surface area contributed by atoms with Gasteiger partial charge in [-0.25, -0.2) is 4.79 Å². The molecule has 0 aromatic carbocycles. The Hall–Kier alpha value is -2.08. The molecule has 0 radical (unpaired) electrons. The molecule has 0 fully saturated rings. The van der Waals surface area contributed by atoms with Crippen molar-refractivity contribution in [3.8, 4) is 0 Å². The lowest BCUT2D eigenvalue weighted by Crippen LogP contribution is -2.14. The van der Waals surface area contributed by atoms with Gasteiger partial charge in [-0.2, -0.15) is 0 Å². The highest BCUT2D eigenvalue weighted by atomic mass is 79.9. The van der Waals surface area contributed by atoms with E-state index in [1.54, 1.807) is 12.1 Å². The molecule has 0 aliphatic carbocycles. The molecule has 0 atom stereocenters. The minimum absolute atomic E-state index is 0.211. The second kappa shape index (κ2) is 7.66. The van der Waals surface area contributed by atoms with Crippen LogP contribution in [0.4, 0.5) is 0 Å². The van der Waals surface area contributed by atoms with Crippen LogP contribution in [0.25, 0.3) is 6.08 Å². The van der Waals surface area contributed by atoms with Gasteiger partial charge in [-0.15, -0.1) is 0 Å². The van der Waals surface area contributed by atoms with Gasteiger partial charge in [0.25, 0.3) is 0 Å². The first-order valence-corrected chi connectivity index (χ1v) is 8.40. The molecule has 0 aliphatic rings. The number of nitrogens with zero attached hydrogens (tertiary/aromatic N) is 1. The number of hydrogen-bond acceptors (Lipinski definition) is 4. The third-order valence-corrected chi connectivity index (χ3v) is 4.05. The van der Waals surface area contributed by atoms with Crippen molar-refractivity contribution in [3.05, 3.63) is 51.7 Å². The van der Waals surface area contributed by atoms with Gasteiger partial charge in [-0.05, 0) is 67.9 Å². The van der Waals surface area contributed by atoms with E-state index >= 15 is 0 Å². The Kier molecular flexibility index (Phi) is 5.83. The van der Waals surface area contributed by atoms with E-state index < -0.39 is 5.97 Å². The molecule has 2 heterocycles. The molecule has 2 aromatic heterocycles. The van der Waals surface area contributed by atoms with Crippen LogP contribution in [0.15, 0.2) is 33.4 Å². The van der Waals surface area contributed by atoms with Crippen LogP contribution < -0.4 is 0 Å². The van der Waals surface area contributed by atoms with E-state index in [1.165, 1.54) is 12.2 Å². The van der Waals surface area contributed by atoms with Crippen molar-refractivity contribution in [1.29, 1.82) is 0 Å². The summed E-state index contributed by atoms with van der Waals surface area (Å²) >= 11 is 3.18. The maximum atomic E-state index is 12.3. The fourth-order valence-corrected chi connectivity index (χ4v) is 3.00. The van der Waals surface area contributed by atoms with E-state index in [1.807, 2.05) is 19.9 Å².